The van der Waals surface area contributed by atoms with Crippen LogP contribution in [0.3, 0.4) is 0 Å². The van der Waals surface area contributed by atoms with E-state index in [2.05, 4.69) is 41.1 Å². The smallest absolute Gasteiger partial charge is 0.234 e. The molecular formula is C20H33N3O2. The van der Waals surface area contributed by atoms with E-state index < -0.39 is 0 Å². The Morgan fingerprint density at radius 2 is 2.04 bits per heavy atom. The maximum Gasteiger partial charge on any atom is 0.234 e. The van der Waals surface area contributed by atoms with Crippen LogP contribution in [0.15, 0.2) is 30.3 Å². The molecule has 1 aliphatic rings. The predicted octanol–water partition coefficient (Wildman–Crippen LogP) is 1.68. The first-order valence-electron chi connectivity index (χ1n) is 9.45. The first kappa shape index (κ1) is 19.9. The van der Waals surface area contributed by atoms with Gasteiger partial charge in [0.05, 0.1) is 12.6 Å². The van der Waals surface area contributed by atoms with Crippen molar-refractivity contribution in [2.45, 2.75) is 45.3 Å². The molecule has 2 rings (SSSR count). The first-order valence-corrected chi connectivity index (χ1v) is 9.45. The lowest BCUT2D eigenvalue weighted by molar-refractivity contribution is -0.123. The van der Waals surface area contributed by atoms with E-state index in [4.69, 9.17) is 0 Å². The summed E-state index contributed by atoms with van der Waals surface area (Å²) in [7, 11) is 0. The van der Waals surface area contributed by atoms with Gasteiger partial charge in [0.25, 0.3) is 0 Å². The van der Waals surface area contributed by atoms with Crippen LogP contribution in [-0.2, 0) is 4.79 Å². The zero-order chi connectivity index (χ0) is 18.2. The van der Waals surface area contributed by atoms with Crippen LogP contribution in [0.4, 0.5) is 0 Å². The zero-order valence-electron chi connectivity index (χ0n) is 15.8. The standard InChI is InChI=1S/C20H33N3O2/c1-4-18(19-8-6-5-7-9-19)12-21-20(25)15-22-10-11-23(14-17(3)24)16(2)13-22/h5-9,16-18,24H,4,10-15H2,1-3H3,(H,21,25)/t16-,17+,18-/m1/s1. The topological polar surface area (TPSA) is 55.8 Å². The summed E-state index contributed by atoms with van der Waals surface area (Å²) in [5, 5.41) is 12.7. The molecule has 0 aliphatic carbocycles. The van der Waals surface area contributed by atoms with Gasteiger partial charge in [-0.15, -0.1) is 0 Å². The third kappa shape index (κ3) is 6.42. The second-order valence-electron chi connectivity index (χ2n) is 7.25. The van der Waals surface area contributed by atoms with Gasteiger partial charge in [-0.3, -0.25) is 14.6 Å². The number of aliphatic hydroxyl groups excluding tert-OH is 1. The number of rotatable bonds is 8. The minimum atomic E-state index is -0.304. The van der Waals surface area contributed by atoms with Gasteiger partial charge >= 0.3 is 0 Å². The summed E-state index contributed by atoms with van der Waals surface area (Å²) in [5.74, 6) is 0.470. The van der Waals surface area contributed by atoms with E-state index in [9.17, 15) is 9.90 Å². The minimum absolute atomic E-state index is 0.102. The minimum Gasteiger partial charge on any atom is -0.392 e. The molecule has 0 spiro atoms. The van der Waals surface area contributed by atoms with Crippen molar-refractivity contribution in [1.29, 1.82) is 0 Å². The summed E-state index contributed by atoms with van der Waals surface area (Å²) in [6.45, 7) is 10.6. The van der Waals surface area contributed by atoms with Gasteiger partial charge in [0.2, 0.25) is 5.91 Å². The van der Waals surface area contributed by atoms with Gasteiger partial charge in [0.15, 0.2) is 0 Å². The average Bonchev–Trinajstić information content (AvgIpc) is 2.58. The monoisotopic (exact) mass is 347 g/mol. The summed E-state index contributed by atoms with van der Waals surface area (Å²) in [6.07, 6.45) is 0.709. The number of piperazine rings is 1. The molecule has 0 saturated carbocycles. The highest BCUT2D eigenvalue weighted by Gasteiger charge is 2.25. The maximum atomic E-state index is 12.3. The number of nitrogens with zero attached hydrogens (tertiary/aromatic N) is 2. The van der Waals surface area contributed by atoms with E-state index in [0.29, 0.717) is 31.6 Å². The highest BCUT2D eigenvalue weighted by atomic mass is 16.3. The third-order valence-electron chi connectivity index (χ3n) is 5.02. The van der Waals surface area contributed by atoms with E-state index in [0.717, 1.165) is 26.1 Å². The van der Waals surface area contributed by atoms with Crippen molar-refractivity contribution in [1.82, 2.24) is 15.1 Å². The Morgan fingerprint density at radius 1 is 1.32 bits per heavy atom. The fourth-order valence-electron chi connectivity index (χ4n) is 3.54. The van der Waals surface area contributed by atoms with Gasteiger partial charge in [0, 0.05) is 44.7 Å². The summed E-state index contributed by atoms with van der Waals surface area (Å²) in [6, 6.07) is 10.7. The predicted molar refractivity (Wildman–Crippen MR) is 102 cm³/mol. The molecule has 0 radical (unpaired) electrons. The van der Waals surface area contributed by atoms with Crippen LogP contribution in [0, 0.1) is 0 Å². The van der Waals surface area contributed by atoms with Gasteiger partial charge in [0.1, 0.15) is 0 Å². The Labute approximate surface area is 152 Å². The fourth-order valence-corrected chi connectivity index (χ4v) is 3.54. The second-order valence-corrected chi connectivity index (χ2v) is 7.25. The number of nitrogens with one attached hydrogen (secondary N) is 1. The number of β-amino-alcohol motifs (C(OH)–C–C–N with tert-alkyl or cyclic N) is 1. The molecular weight excluding hydrogens is 314 g/mol. The molecule has 1 fully saturated rings. The quantitative estimate of drug-likeness (QED) is 0.751. The van der Waals surface area contributed by atoms with Crippen LogP contribution in [-0.4, -0.2) is 72.2 Å². The molecule has 0 unspecified atom stereocenters. The molecule has 0 bridgehead atoms. The molecule has 0 aromatic heterocycles. The van der Waals surface area contributed by atoms with Crippen molar-refractivity contribution in [3.05, 3.63) is 35.9 Å². The molecule has 1 aromatic rings. The van der Waals surface area contributed by atoms with E-state index in [1.165, 1.54) is 5.56 Å². The van der Waals surface area contributed by atoms with Crippen molar-refractivity contribution in [2.24, 2.45) is 0 Å². The number of carbonyl (C=O) groups excluding carboxylic acids is 1. The van der Waals surface area contributed by atoms with Crippen LogP contribution in [0.5, 0.6) is 0 Å². The molecule has 1 aromatic carbocycles. The van der Waals surface area contributed by atoms with Gasteiger partial charge in [-0.2, -0.15) is 0 Å². The van der Waals surface area contributed by atoms with Crippen LogP contribution in [0.25, 0.3) is 0 Å². The fraction of sp³-hybridized carbons (Fsp3) is 0.650. The van der Waals surface area contributed by atoms with Gasteiger partial charge in [-0.1, -0.05) is 37.3 Å². The number of carbonyl (C=O) groups is 1. The van der Waals surface area contributed by atoms with Crippen molar-refractivity contribution in [3.8, 4) is 0 Å². The average molecular weight is 348 g/mol. The Hall–Kier alpha value is -1.43. The van der Waals surface area contributed by atoms with Gasteiger partial charge < -0.3 is 10.4 Å². The SMILES string of the molecule is CC[C@H](CNC(=O)CN1CCN(C[C@H](C)O)[C@H](C)C1)c1ccccc1. The van der Waals surface area contributed by atoms with E-state index in [1.54, 1.807) is 0 Å². The molecule has 3 atom stereocenters. The van der Waals surface area contributed by atoms with Crippen molar-refractivity contribution < 1.29 is 9.90 Å². The molecule has 1 saturated heterocycles. The normalized spacial score (nSPS) is 21.7. The van der Waals surface area contributed by atoms with Gasteiger partial charge in [-0.25, -0.2) is 0 Å². The molecule has 1 heterocycles. The highest BCUT2D eigenvalue weighted by Crippen LogP contribution is 2.18. The number of amides is 1. The molecule has 140 valence electrons. The third-order valence-corrected chi connectivity index (χ3v) is 5.02. The lowest BCUT2D eigenvalue weighted by atomic mass is 9.96. The molecule has 1 amide bonds. The van der Waals surface area contributed by atoms with Crippen molar-refractivity contribution >= 4 is 5.91 Å². The molecule has 2 N–H and O–H groups in total. The van der Waals surface area contributed by atoms with E-state index >= 15 is 0 Å². The number of hydrogen-bond donors (Lipinski definition) is 2. The lowest BCUT2D eigenvalue weighted by Gasteiger charge is -2.40. The van der Waals surface area contributed by atoms with Crippen molar-refractivity contribution in [3.63, 3.8) is 0 Å². The molecule has 1 aliphatic heterocycles. The summed E-state index contributed by atoms with van der Waals surface area (Å²) in [4.78, 5) is 16.8. The summed E-state index contributed by atoms with van der Waals surface area (Å²) in [5.41, 5.74) is 1.28. The zero-order valence-corrected chi connectivity index (χ0v) is 15.8. The second kappa shape index (κ2) is 9.90. The van der Waals surface area contributed by atoms with Crippen LogP contribution < -0.4 is 5.32 Å². The number of aliphatic hydroxyl groups is 1. The Bertz CT molecular complexity index is 521. The Kier molecular flexibility index (Phi) is 7.88. The van der Waals surface area contributed by atoms with Crippen LogP contribution >= 0.6 is 0 Å². The Balaban J connectivity index is 1.75. The van der Waals surface area contributed by atoms with Crippen LogP contribution in [0.1, 0.15) is 38.7 Å². The summed E-state index contributed by atoms with van der Waals surface area (Å²) < 4.78 is 0. The van der Waals surface area contributed by atoms with Crippen LogP contribution in [0.2, 0.25) is 0 Å². The largest absolute Gasteiger partial charge is 0.392 e. The van der Waals surface area contributed by atoms with E-state index in [-0.39, 0.29) is 12.0 Å². The first-order chi connectivity index (χ1) is 12.0. The Morgan fingerprint density at radius 3 is 2.64 bits per heavy atom. The van der Waals surface area contributed by atoms with Gasteiger partial charge in [-0.05, 0) is 25.8 Å². The molecule has 5 heteroatoms. The lowest BCUT2D eigenvalue weighted by Crippen LogP contribution is -2.55. The van der Waals surface area contributed by atoms with E-state index in [1.807, 2.05) is 25.1 Å². The maximum absolute atomic E-state index is 12.3. The number of benzene rings is 1. The summed E-state index contributed by atoms with van der Waals surface area (Å²) >= 11 is 0. The number of hydrogen-bond acceptors (Lipinski definition) is 4. The van der Waals surface area contributed by atoms with Crippen molar-refractivity contribution in [2.75, 3.05) is 39.3 Å². The highest BCUT2D eigenvalue weighted by molar-refractivity contribution is 5.78. The molecule has 25 heavy (non-hydrogen) atoms. The molecule has 5 nitrogen and oxygen atoms in total.